The number of piperidine rings is 1. The molecule has 4 nitrogen and oxygen atoms in total. The van der Waals surface area contributed by atoms with Gasteiger partial charge in [-0.05, 0) is 55.7 Å². The van der Waals surface area contributed by atoms with Crippen molar-refractivity contribution in [1.29, 1.82) is 0 Å². The largest absolute Gasteiger partial charge is 0.333 e. The molecule has 0 bridgehead atoms. The molecule has 1 aliphatic rings. The van der Waals surface area contributed by atoms with E-state index < -0.39 is 0 Å². The first-order chi connectivity index (χ1) is 11.3. The lowest BCUT2D eigenvalue weighted by atomic mass is 9.97. The average Bonchev–Trinajstić information content (AvgIpc) is 3.12. The number of hydrogen-bond acceptors (Lipinski definition) is 3. The van der Waals surface area contributed by atoms with E-state index in [0.29, 0.717) is 12.6 Å². The summed E-state index contributed by atoms with van der Waals surface area (Å²) in [7, 11) is 0. The Morgan fingerprint density at radius 3 is 3.04 bits per heavy atom. The monoisotopic (exact) mass is 329 g/mol. The first-order valence-corrected chi connectivity index (χ1v) is 9.17. The molecule has 1 atom stereocenters. The lowest BCUT2D eigenvalue weighted by molar-refractivity contribution is 0.146. The summed E-state index contributed by atoms with van der Waals surface area (Å²) in [6.45, 7) is 1.49. The van der Waals surface area contributed by atoms with Gasteiger partial charge in [0, 0.05) is 29.4 Å². The van der Waals surface area contributed by atoms with Gasteiger partial charge in [0.25, 0.3) is 0 Å². The maximum Gasteiger partial charge on any atom is 0.317 e. The number of carbonyl (C=O) groups is 1. The number of carbonyl (C=O) groups excluding carboxylic acids is 1. The third-order valence-electron chi connectivity index (χ3n) is 4.34. The molecule has 3 heterocycles. The maximum atomic E-state index is 12.5. The third kappa shape index (κ3) is 4.55. The Bertz CT molecular complexity index is 600. The summed E-state index contributed by atoms with van der Waals surface area (Å²) < 4.78 is 0. The zero-order valence-electron chi connectivity index (χ0n) is 13.3. The highest BCUT2D eigenvalue weighted by Gasteiger charge is 2.26. The van der Waals surface area contributed by atoms with Crippen molar-refractivity contribution in [2.45, 2.75) is 44.7 Å². The number of hydrogen-bond donors (Lipinski definition) is 1. The number of likely N-dealkylation sites (tertiary alicyclic amines) is 1. The summed E-state index contributed by atoms with van der Waals surface area (Å²) in [6, 6.07) is 10.5. The van der Waals surface area contributed by atoms with Gasteiger partial charge in [-0.2, -0.15) is 0 Å². The molecular formula is C18H23N3OS. The van der Waals surface area contributed by atoms with Gasteiger partial charge in [0.1, 0.15) is 0 Å². The topological polar surface area (TPSA) is 45.2 Å². The Morgan fingerprint density at radius 1 is 1.30 bits per heavy atom. The minimum Gasteiger partial charge on any atom is -0.333 e. The van der Waals surface area contributed by atoms with Gasteiger partial charge >= 0.3 is 6.03 Å². The summed E-state index contributed by atoms with van der Waals surface area (Å²) >= 11 is 1.68. The molecule has 122 valence electrons. The van der Waals surface area contributed by atoms with Crippen molar-refractivity contribution in [3.05, 3.63) is 52.5 Å². The first kappa shape index (κ1) is 16.0. The SMILES string of the molecule is O=C(NCc1cccs1)N1CCCC[C@@H]1CCc1ccccn1. The molecule has 0 spiro atoms. The van der Waals surface area contributed by atoms with Gasteiger partial charge in [-0.15, -0.1) is 11.3 Å². The minimum absolute atomic E-state index is 0.0733. The summed E-state index contributed by atoms with van der Waals surface area (Å²) in [5.74, 6) is 0. The number of nitrogens with one attached hydrogen (secondary N) is 1. The zero-order chi connectivity index (χ0) is 15.9. The molecule has 1 N–H and O–H groups in total. The molecule has 0 aliphatic carbocycles. The second-order valence-electron chi connectivity index (χ2n) is 5.94. The van der Waals surface area contributed by atoms with E-state index in [9.17, 15) is 4.79 Å². The fourth-order valence-corrected chi connectivity index (χ4v) is 3.75. The highest BCUT2D eigenvalue weighted by atomic mass is 32.1. The quantitative estimate of drug-likeness (QED) is 0.906. The van der Waals surface area contributed by atoms with Gasteiger partial charge in [0.05, 0.1) is 6.54 Å². The molecule has 1 saturated heterocycles. The Kier molecular flexibility index (Phi) is 5.64. The molecule has 3 rings (SSSR count). The summed E-state index contributed by atoms with van der Waals surface area (Å²) in [5, 5.41) is 5.10. The standard InChI is InChI=1S/C18H23N3OS/c22-18(20-14-17-8-5-13-23-17)21-12-4-2-7-16(21)10-9-15-6-1-3-11-19-15/h1,3,5-6,8,11,13,16H,2,4,7,9-10,12,14H2,(H,20,22)/t16-/m1/s1. The molecule has 23 heavy (non-hydrogen) atoms. The van der Waals surface area contributed by atoms with Crippen molar-refractivity contribution in [3.8, 4) is 0 Å². The molecule has 0 unspecified atom stereocenters. The van der Waals surface area contributed by atoms with Crippen LogP contribution in [-0.2, 0) is 13.0 Å². The van der Waals surface area contributed by atoms with E-state index in [4.69, 9.17) is 0 Å². The van der Waals surface area contributed by atoms with Crippen molar-refractivity contribution in [1.82, 2.24) is 15.2 Å². The molecule has 5 heteroatoms. The second kappa shape index (κ2) is 8.11. The van der Waals surface area contributed by atoms with Crippen molar-refractivity contribution in [2.24, 2.45) is 0 Å². The van der Waals surface area contributed by atoms with Crippen LogP contribution in [0.5, 0.6) is 0 Å². The van der Waals surface area contributed by atoms with Crippen LogP contribution in [0.25, 0.3) is 0 Å². The van der Waals surface area contributed by atoms with Crippen LogP contribution in [0.4, 0.5) is 4.79 Å². The maximum absolute atomic E-state index is 12.5. The average molecular weight is 329 g/mol. The Hall–Kier alpha value is -1.88. The predicted molar refractivity (Wildman–Crippen MR) is 93.5 cm³/mol. The van der Waals surface area contributed by atoms with Crippen molar-refractivity contribution in [2.75, 3.05) is 6.54 Å². The number of thiophene rings is 1. The predicted octanol–water partition coefficient (Wildman–Crippen LogP) is 3.84. The summed E-state index contributed by atoms with van der Waals surface area (Å²) in [6.07, 6.45) is 7.17. The van der Waals surface area contributed by atoms with E-state index in [2.05, 4.69) is 22.4 Å². The number of urea groups is 1. The van der Waals surface area contributed by atoms with Gasteiger partial charge in [-0.25, -0.2) is 4.79 Å². The van der Waals surface area contributed by atoms with Crippen LogP contribution >= 0.6 is 11.3 Å². The van der Waals surface area contributed by atoms with Crippen LogP contribution in [0.15, 0.2) is 41.9 Å². The summed E-state index contributed by atoms with van der Waals surface area (Å²) in [4.78, 5) is 20.1. The van der Waals surface area contributed by atoms with Gasteiger partial charge < -0.3 is 10.2 Å². The molecule has 1 fully saturated rings. The van der Waals surface area contributed by atoms with E-state index in [1.807, 2.05) is 34.7 Å². The highest BCUT2D eigenvalue weighted by Crippen LogP contribution is 2.21. The number of aryl methyl sites for hydroxylation is 1. The molecule has 2 aromatic heterocycles. The van der Waals surface area contributed by atoms with Crippen LogP contribution in [0, 0.1) is 0 Å². The van der Waals surface area contributed by atoms with Crippen molar-refractivity contribution >= 4 is 17.4 Å². The molecular weight excluding hydrogens is 306 g/mol. The molecule has 0 radical (unpaired) electrons. The number of pyridine rings is 1. The van der Waals surface area contributed by atoms with E-state index >= 15 is 0 Å². The van der Waals surface area contributed by atoms with Gasteiger partial charge in [0.2, 0.25) is 0 Å². The van der Waals surface area contributed by atoms with Crippen LogP contribution < -0.4 is 5.32 Å². The smallest absolute Gasteiger partial charge is 0.317 e. The van der Waals surface area contributed by atoms with Gasteiger partial charge in [-0.1, -0.05) is 12.1 Å². The lowest BCUT2D eigenvalue weighted by Crippen LogP contribution is -2.48. The highest BCUT2D eigenvalue weighted by molar-refractivity contribution is 7.09. The Labute approximate surface area is 141 Å². The molecule has 2 amide bonds. The number of nitrogens with zero attached hydrogens (tertiary/aromatic N) is 2. The number of amides is 2. The lowest BCUT2D eigenvalue weighted by Gasteiger charge is -2.35. The van der Waals surface area contributed by atoms with Gasteiger partial charge in [0.15, 0.2) is 0 Å². The fourth-order valence-electron chi connectivity index (χ4n) is 3.11. The van der Waals surface area contributed by atoms with Crippen LogP contribution in [0.2, 0.25) is 0 Å². The molecule has 0 aromatic carbocycles. The van der Waals surface area contributed by atoms with E-state index in [-0.39, 0.29) is 6.03 Å². The van der Waals surface area contributed by atoms with E-state index in [0.717, 1.165) is 37.9 Å². The van der Waals surface area contributed by atoms with Gasteiger partial charge in [-0.3, -0.25) is 4.98 Å². The number of aromatic nitrogens is 1. The molecule has 0 saturated carbocycles. The zero-order valence-corrected chi connectivity index (χ0v) is 14.1. The Balaban J connectivity index is 1.53. The fraction of sp³-hybridized carbons (Fsp3) is 0.444. The minimum atomic E-state index is 0.0733. The normalized spacial score (nSPS) is 17.9. The number of rotatable bonds is 5. The summed E-state index contributed by atoms with van der Waals surface area (Å²) in [5.41, 5.74) is 1.11. The van der Waals surface area contributed by atoms with Crippen molar-refractivity contribution in [3.63, 3.8) is 0 Å². The Morgan fingerprint density at radius 2 is 2.26 bits per heavy atom. The first-order valence-electron chi connectivity index (χ1n) is 8.29. The van der Waals surface area contributed by atoms with Crippen molar-refractivity contribution < 1.29 is 4.79 Å². The van der Waals surface area contributed by atoms with E-state index in [1.165, 1.54) is 11.3 Å². The molecule has 2 aromatic rings. The molecule has 1 aliphatic heterocycles. The van der Waals surface area contributed by atoms with E-state index in [1.54, 1.807) is 11.3 Å². The third-order valence-corrected chi connectivity index (χ3v) is 5.22. The second-order valence-corrected chi connectivity index (χ2v) is 6.97. The van der Waals surface area contributed by atoms with Crippen LogP contribution in [-0.4, -0.2) is 28.5 Å². The van der Waals surface area contributed by atoms with Crippen LogP contribution in [0.3, 0.4) is 0 Å². The van der Waals surface area contributed by atoms with Crippen LogP contribution in [0.1, 0.15) is 36.3 Å².